The van der Waals surface area contributed by atoms with Gasteiger partial charge in [-0.15, -0.1) is 0 Å². The summed E-state index contributed by atoms with van der Waals surface area (Å²) in [6, 6.07) is 5.59. The molecule has 6 heteroatoms. The Balaban J connectivity index is 1.99. The van der Waals surface area contributed by atoms with Crippen molar-refractivity contribution in [2.24, 2.45) is 0 Å². The Morgan fingerprint density at radius 3 is 3.11 bits per heavy atom. The van der Waals surface area contributed by atoms with Crippen LogP contribution in [0.1, 0.15) is 13.3 Å². The van der Waals surface area contributed by atoms with Gasteiger partial charge in [-0.3, -0.25) is 9.48 Å². The molecular formula is C13H16ClN3O2. The van der Waals surface area contributed by atoms with E-state index in [9.17, 15) is 4.79 Å². The predicted molar refractivity (Wildman–Crippen MR) is 74.1 cm³/mol. The Morgan fingerprint density at radius 2 is 2.37 bits per heavy atom. The number of rotatable bonds is 5. The molecule has 102 valence electrons. The first-order valence-electron chi connectivity index (χ1n) is 6.12. The van der Waals surface area contributed by atoms with Crippen molar-refractivity contribution < 1.29 is 9.90 Å². The molecule has 0 aliphatic heterocycles. The summed E-state index contributed by atoms with van der Waals surface area (Å²) in [5.41, 5.74) is 0.913. The molecule has 0 bridgehead atoms. The number of nitrogens with one attached hydrogen (secondary N) is 1. The molecule has 1 heterocycles. The number of aromatic nitrogens is 2. The Morgan fingerprint density at radius 1 is 1.58 bits per heavy atom. The van der Waals surface area contributed by atoms with Crippen LogP contribution in [0.4, 0.5) is 0 Å². The summed E-state index contributed by atoms with van der Waals surface area (Å²) in [5, 5.41) is 17.5. The van der Waals surface area contributed by atoms with Crippen LogP contribution >= 0.6 is 11.6 Å². The van der Waals surface area contributed by atoms with Gasteiger partial charge in [0.2, 0.25) is 5.91 Å². The van der Waals surface area contributed by atoms with E-state index in [0.717, 1.165) is 10.9 Å². The first-order valence-corrected chi connectivity index (χ1v) is 6.50. The number of aliphatic hydroxyl groups excluding tert-OH is 1. The van der Waals surface area contributed by atoms with E-state index in [4.69, 9.17) is 16.7 Å². The van der Waals surface area contributed by atoms with Crippen molar-refractivity contribution in [2.45, 2.75) is 26.0 Å². The molecule has 1 aromatic heterocycles. The number of hydrogen-bond acceptors (Lipinski definition) is 3. The third-order valence-corrected chi connectivity index (χ3v) is 3.11. The summed E-state index contributed by atoms with van der Waals surface area (Å²) >= 11 is 6.06. The van der Waals surface area contributed by atoms with Crippen molar-refractivity contribution in [3.63, 3.8) is 0 Å². The van der Waals surface area contributed by atoms with Gasteiger partial charge in [-0.1, -0.05) is 17.7 Å². The molecule has 0 saturated heterocycles. The average Bonchev–Trinajstić information content (AvgIpc) is 2.78. The summed E-state index contributed by atoms with van der Waals surface area (Å²) in [6.45, 7) is 2.38. The summed E-state index contributed by atoms with van der Waals surface area (Å²) in [6.07, 6.45) is 1.48. The second kappa shape index (κ2) is 6.04. The normalized spacial score (nSPS) is 12.6. The Bertz CT molecular complexity index is 580. The number of fused-ring (bicyclic) bond motifs is 1. The minimum atomic E-state index is -0.534. The van der Waals surface area contributed by atoms with Gasteiger partial charge in [-0.05, 0) is 19.1 Å². The number of hydrogen-bond donors (Lipinski definition) is 2. The number of amides is 1. The lowest BCUT2D eigenvalue weighted by atomic mass is 10.2. The van der Waals surface area contributed by atoms with E-state index in [0.29, 0.717) is 18.0 Å². The maximum absolute atomic E-state index is 11.6. The van der Waals surface area contributed by atoms with Crippen LogP contribution in [0.15, 0.2) is 24.4 Å². The smallest absolute Gasteiger partial charge is 0.221 e. The number of carbonyl (C=O) groups excluding carboxylic acids is 1. The largest absolute Gasteiger partial charge is 0.392 e. The van der Waals surface area contributed by atoms with Crippen molar-refractivity contribution in [2.75, 3.05) is 6.54 Å². The number of carbonyl (C=O) groups is 1. The maximum atomic E-state index is 11.6. The lowest BCUT2D eigenvalue weighted by Gasteiger charge is -2.07. The average molecular weight is 282 g/mol. The maximum Gasteiger partial charge on any atom is 0.221 e. The lowest BCUT2D eigenvalue weighted by Crippen LogP contribution is -2.31. The molecule has 2 rings (SSSR count). The molecule has 1 amide bonds. The van der Waals surface area contributed by atoms with Crippen LogP contribution in [0.25, 0.3) is 10.9 Å². The fourth-order valence-corrected chi connectivity index (χ4v) is 2.02. The zero-order valence-corrected chi connectivity index (χ0v) is 11.4. The summed E-state index contributed by atoms with van der Waals surface area (Å²) < 4.78 is 1.75. The highest BCUT2D eigenvalue weighted by Gasteiger charge is 2.08. The SMILES string of the molecule is CC(O)CNC(=O)CCn1ncc2c(Cl)cccc21. The van der Waals surface area contributed by atoms with Gasteiger partial charge >= 0.3 is 0 Å². The molecule has 1 atom stereocenters. The van der Waals surface area contributed by atoms with E-state index >= 15 is 0 Å². The Labute approximate surface area is 116 Å². The quantitative estimate of drug-likeness (QED) is 0.874. The third-order valence-electron chi connectivity index (χ3n) is 2.78. The number of benzene rings is 1. The van der Waals surface area contributed by atoms with Crippen molar-refractivity contribution >= 4 is 28.4 Å². The Hall–Kier alpha value is -1.59. The van der Waals surface area contributed by atoms with Crippen LogP contribution in [0, 0.1) is 0 Å². The van der Waals surface area contributed by atoms with E-state index < -0.39 is 6.10 Å². The molecule has 2 aromatic rings. The highest BCUT2D eigenvalue weighted by Crippen LogP contribution is 2.22. The van der Waals surface area contributed by atoms with Gasteiger partial charge < -0.3 is 10.4 Å². The number of aliphatic hydroxyl groups is 1. The van der Waals surface area contributed by atoms with E-state index in [1.165, 1.54) is 0 Å². The van der Waals surface area contributed by atoms with E-state index in [1.54, 1.807) is 17.8 Å². The van der Waals surface area contributed by atoms with Crippen molar-refractivity contribution in [1.82, 2.24) is 15.1 Å². The van der Waals surface area contributed by atoms with Crippen molar-refractivity contribution in [3.05, 3.63) is 29.4 Å². The standard InChI is InChI=1S/C13H16ClN3O2/c1-9(18)7-15-13(19)5-6-17-12-4-2-3-11(14)10(12)8-16-17/h2-4,8-9,18H,5-7H2,1H3,(H,15,19). The van der Waals surface area contributed by atoms with Crippen molar-refractivity contribution in [3.8, 4) is 0 Å². The van der Waals surface area contributed by atoms with Gasteiger partial charge in [0.05, 0.1) is 29.4 Å². The van der Waals surface area contributed by atoms with Crippen LogP contribution in [0.5, 0.6) is 0 Å². The molecule has 2 N–H and O–H groups in total. The molecule has 0 saturated carbocycles. The molecule has 0 radical (unpaired) electrons. The van der Waals surface area contributed by atoms with Gasteiger partial charge in [-0.25, -0.2) is 0 Å². The zero-order chi connectivity index (χ0) is 13.8. The third kappa shape index (κ3) is 3.45. The molecule has 1 aromatic carbocycles. The van der Waals surface area contributed by atoms with Crippen LogP contribution in [-0.2, 0) is 11.3 Å². The second-order valence-corrected chi connectivity index (χ2v) is 4.85. The van der Waals surface area contributed by atoms with Gasteiger partial charge in [0.1, 0.15) is 0 Å². The highest BCUT2D eigenvalue weighted by molar-refractivity contribution is 6.35. The fourth-order valence-electron chi connectivity index (χ4n) is 1.80. The number of aryl methyl sites for hydroxylation is 1. The fraction of sp³-hybridized carbons (Fsp3) is 0.385. The summed E-state index contributed by atoms with van der Waals surface area (Å²) in [5.74, 6) is -0.105. The minimum absolute atomic E-state index is 0.105. The molecule has 0 fully saturated rings. The number of halogens is 1. The molecule has 0 aliphatic rings. The lowest BCUT2D eigenvalue weighted by molar-refractivity contribution is -0.121. The first kappa shape index (κ1) is 13.8. The van der Waals surface area contributed by atoms with E-state index in [1.807, 2.05) is 18.2 Å². The molecule has 1 unspecified atom stereocenters. The van der Waals surface area contributed by atoms with Gasteiger partial charge in [0.25, 0.3) is 0 Å². The zero-order valence-electron chi connectivity index (χ0n) is 10.6. The monoisotopic (exact) mass is 281 g/mol. The van der Waals surface area contributed by atoms with Gasteiger partial charge in [0, 0.05) is 18.4 Å². The van der Waals surface area contributed by atoms with Crippen LogP contribution in [0.2, 0.25) is 5.02 Å². The Kier molecular flexibility index (Phi) is 4.39. The molecular weight excluding hydrogens is 266 g/mol. The predicted octanol–water partition coefficient (Wildman–Crippen LogP) is 1.58. The molecule has 5 nitrogen and oxygen atoms in total. The first-order chi connectivity index (χ1) is 9.08. The van der Waals surface area contributed by atoms with Crippen molar-refractivity contribution in [1.29, 1.82) is 0 Å². The van der Waals surface area contributed by atoms with E-state index in [-0.39, 0.29) is 12.5 Å². The topological polar surface area (TPSA) is 67.2 Å². The van der Waals surface area contributed by atoms with Crippen LogP contribution < -0.4 is 5.32 Å². The molecule has 0 aliphatic carbocycles. The minimum Gasteiger partial charge on any atom is -0.392 e. The molecule has 19 heavy (non-hydrogen) atoms. The molecule has 0 spiro atoms. The summed E-state index contributed by atoms with van der Waals surface area (Å²) in [4.78, 5) is 11.6. The van der Waals surface area contributed by atoms with E-state index in [2.05, 4.69) is 10.4 Å². The summed E-state index contributed by atoms with van der Waals surface area (Å²) in [7, 11) is 0. The second-order valence-electron chi connectivity index (χ2n) is 4.44. The van der Waals surface area contributed by atoms with Gasteiger partial charge in [0.15, 0.2) is 0 Å². The van der Waals surface area contributed by atoms with Crippen LogP contribution in [-0.4, -0.2) is 33.4 Å². The van der Waals surface area contributed by atoms with Gasteiger partial charge in [-0.2, -0.15) is 5.10 Å². The number of nitrogens with zero attached hydrogens (tertiary/aromatic N) is 2. The van der Waals surface area contributed by atoms with Crippen LogP contribution in [0.3, 0.4) is 0 Å². The highest BCUT2D eigenvalue weighted by atomic mass is 35.5.